The molecule has 1 N–H and O–H groups in total. The molecular formula is C17H20N2O2S. The number of carbonyl (C=O) groups excluding carboxylic acids is 2. The van der Waals surface area contributed by atoms with Crippen LogP contribution in [0.25, 0.3) is 0 Å². The Morgan fingerprint density at radius 2 is 1.86 bits per heavy atom. The predicted octanol–water partition coefficient (Wildman–Crippen LogP) is 3.73. The van der Waals surface area contributed by atoms with Gasteiger partial charge in [-0.1, -0.05) is 19.9 Å². The van der Waals surface area contributed by atoms with Crippen molar-refractivity contribution in [2.45, 2.75) is 13.8 Å². The monoisotopic (exact) mass is 316 g/mol. The number of anilines is 1. The molecule has 1 heterocycles. The maximum absolute atomic E-state index is 12.2. The molecule has 5 heteroatoms. The van der Waals surface area contributed by atoms with E-state index in [-0.39, 0.29) is 11.8 Å². The molecule has 1 aromatic carbocycles. The van der Waals surface area contributed by atoms with Crippen molar-refractivity contribution >= 4 is 28.8 Å². The summed E-state index contributed by atoms with van der Waals surface area (Å²) >= 11 is 1.40. The van der Waals surface area contributed by atoms with Crippen LogP contribution >= 0.6 is 11.3 Å². The maximum Gasteiger partial charge on any atom is 0.265 e. The summed E-state index contributed by atoms with van der Waals surface area (Å²) in [4.78, 5) is 26.6. The lowest BCUT2D eigenvalue weighted by Gasteiger charge is -2.19. The standard InChI is InChI=1S/C17H20N2O2S/c1-12(2)11-19(3)17(21)13-6-8-14(9-7-13)18-16(20)15-5-4-10-22-15/h4-10,12H,11H2,1-3H3,(H,18,20). The van der Waals surface area contributed by atoms with Gasteiger partial charge in [-0.15, -0.1) is 11.3 Å². The van der Waals surface area contributed by atoms with Gasteiger partial charge in [0.15, 0.2) is 0 Å². The number of amides is 2. The lowest BCUT2D eigenvalue weighted by molar-refractivity contribution is 0.0779. The highest BCUT2D eigenvalue weighted by Gasteiger charge is 2.13. The van der Waals surface area contributed by atoms with Gasteiger partial charge in [-0.2, -0.15) is 0 Å². The molecule has 0 spiro atoms. The van der Waals surface area contributed by atoms with Gasteiger partial charge in [0.1, 0.15) is 0 Å². The summed E-state index contributed by atoms with van der Waals surface area (Å²) in [7, 11) is 1.80. The molecule has 0 saturated heterocycles. The van der Waals surface area contributed by atoms with E-state index in [0.717, 1.165) is 6.54 Å². The SMILES string of the molecule is CC(C)CN(C)C(=O)c1ccc(NC(=O)c2cccs2)cc1. The fourth-order valence-corrected chi connectivity index (χ4v) is 2.77. The van der Waals surface area contributed by atoms with Crippen molar-refractivity contribution in [3.63, 3.8) is 0 Å². The maximum atomic E-state index is 12.2. The first-order valence-electron chi connectivity index (χ1n) is 7.17. The number of thiophene rings is 1. The molecule has 2 aromatic rings. The second-order valence-corrected chi connectivity index (χ2v) is 6.54. The van der Waals surface area contributed by atoms with Gasteiger partial charge in [0.05, 0.1) is 4.88 Å². The van der Waals surface area contributed by atoms with E-state index in [1.165, 1.54) is 11.3 Å². The molecule has 1 aromatic heterocycles. The highest BCUT2D eigenvalue weighted by molar-refractivity contribution is 7.12. The summed E-state index contributed by atoms with van der Waals surface area (Å²) < 4.78 is 0. The largest absolute Gasteiger partial charge is 0.341 e. The van der Waals surface area contributed by atoms with Crippen molar-refractivity contribution in [2.75, 3.05) is 18.9 Å². The quantitative estimate of drug-likeness (QED) is 0.914. The average molecular weight is 316 g/mol. The number of rotatable bonds is 5. The van der Waals surface area contributed by atoms with Crippen LogP contribution in [0, 0.1) is 5.92 Å². The van der Waals surface area contributed by atoms with Crippen LogP contribution in [0.3, 0.4) is 0 Å². The molecule has 4 nitrogen and oxygen atoms in total. The third-order valence-corrected chi connectivity index (χ3v) is 3.99. The van der Waals surface area contributed by atoms with Crippen LogP contribution in [0.1, 0.15) is 33.9 Å². The predicted molar refractivity (Wildman–Crippen MR) is 90.5 cm³/mol. The molecule has 0 fully saturated rings. The molecule has 0 unspecified atom stereocenters. The van der Waals surface area contributed by atoms with Crippen molar-refractivity contribution in [1.82, 2.24) is 4.90 Å². The minimum atomic E-state index is -0.133. The van der Waals surface area contributed by atoms with Gasteiger partial charge >= 0.3 is 0 Å². The minimum absolute atomic E-state index is 0.00941. The van der Waals surface area contributed by atoms with Gasteiger partial charge in [0.2, 0.25) is 0 Å². The lowest BCUT2D eigenvalue weighted by atomic mass is 10.1. The highest BCUT2D eigenvalue weighted by atomic mass is 32.1. The van der Waals surface area contributed by atoms with Gasteiger partial charge < -0.3 is 10.2 Å². The summed E-state index contributed by atoms with van der Waals surface area (Å²) in [6.07, 6.45) is 0. The second-order valence-electron chi connectivity index (χ2n) is 5.59. The molecule has 0 aliphatic heterocycles. The number of nitrogens with zero attached hydrogens (tertiary/aromatic N) is 1. The van der Waals surface area contributed by atoms with E-state index in [9.17, 15) is 9.59 Å². The average Bonchev–Trinajstić information content (AvgIpc) is 3.01. The fraction of sp³-hybridized carbons (Fsp3) is 0.294. The Morgan fingerprint density at radius 1 is 1.18 bits per heavy atom. The van der Waals surface area contributed by atoms with Crippen molar-refractivity contribution < 1.29 is 9.59 Å². The number of hydrogen-bond acceptors (Lipinski definition) is 3. The van der Waals surface area contributed by atoms with Crippen LogP contribution in [0.4, 0.5) is 5.69 Å². The van der Waals surface area contributed by atoms with E-state index in [1.807, 2.05) is 11.4 Å². The zero-order valence-corrected chi connectivity index (χ0v) is 13.8. The molecule has 2 rings (SSSR count). The normalized spacial score (nSPS) is 10.5. The van der Waals surface area contributed by atoms with Gasteiger partial charge in [-0.05, 0) is 41.6 Å². The summed E-state index contributed by atoms with van der Waals surface area (Å²) in [6, 6.07) is 10.6. The Balaban J connectivity index is 2.01. The second kappa shape index (κ2) is 7.22. The fourth-order valence-electron chi connectivity index (χ4n) is 2.15. The van der Waals surface area contributed by atoms with E-state index < -0.39 is 0 Å². The summed E-state index contributed by atoms with van der Waals surface area (Å²) in [5.41, 5.74) is 1.30. The van der Waals surface area contributed by atoms with Crippen LogP contribution in [0.15, 0.2) is 41.8 Å². The van der Waals surface area contributed by atoms with Crippen LogP contribution < -0.4 is 5.32 Å². The van der Waals surface area contributed by atoms with E-state index in [0.29, 0.717) is 22.0 Å². The molecule has 0 radical (unpaired) electrons. The number of benzene rings is 1. The van der Waals surface area contributed by atoms with Gasteiger partial charge in [0, 0.05) is 24.8 Å². The Kier molecular flexibility index (Phi) is 5.33. The summed E-state index contributed by atoms with van der Waals surface area (Å²) in [6.45, 7) is 4.87. The van der Waals surface area contributed by atoms with Gasteiger partial charge in [-0.3, -0.25) is 9.59 Å². The zero-order valence-electron chi connectivity index (χ0n) is 13.0. The Morgan fingerprint density at radius 3 is 2.41 bits per heavy atom. The van der Waals surface area contributed by atoms with Gasteiger partial charge in [0.25, 0.3) is 11.8 Å². The van der Waals surface area contributed by atoms with Crippen LogP contribution in [-0.4, -0.2) is 30.3 Å². The van der Waals surface area contributed by atoms with E-state index >= 15 is 0 Å². The molecule has 0 atom stereocenters. The zero-order chi connectivity index (χ0) is 16.1. The van der Waals surface area contributed by atoms with Crippen LogP contribution in [0.5, 0.6) is 0 Å². The van der Waals surface area contributed by atoms with Crippen LogP contribution in [0.2, 0.25) is 0 Å². The van der Waals surface area contributed by atoms with Crippen LogP contribution in [-0.2, 0) is 0 Å². The van der Waals surface area contributed by atoms with Crippen molar-refractivity contribution in [3.05, 3.63) is 52.2 Å². The Bertz CT molecular complexity index is 633. The number of carbonyl (C=O) groups is 2. The summed E-state index contributed by atoms with van der Waals surface area (Å²) in [5.74, 6) is 0.286. The van der Waals surface area contributed by atoms with Crippen molar-refractivity contribution in [3.8, 4) is 0 Å². The third-order valence-electron chi connectivity index (χ3n) is 3.12. The molecule has 0 aliphatic carbocycles. The number of nitrogens with one attached hydrogen (secondary N) is 1. The first-order valence-corrected chi connectivity index (χ1v) is 8.05. The molecule has 0 aliphatic rings. The smallest absolute Gasteiger partial charge is 0.265 e. The number of hydrogen-bond donors (Lipinski definition) is 1. The summed E-state index contributed by atoms with van der Waals surface area (Å²) in [5, 5.41) is 4.68. The Labute approximate surface area is 134 Å². The molecule has 116 valence electrons. The van der Waals surface area contributed by atoms with E-state index in [2.05, 4.69) is 19.2 Å². The first-order chi connectivity index (χ1) is 10.5. The molecule has 0 saturated carbocycles. The van der Waals surface area contributed by atoms with E-state index in [4.69, 9.17) is 0 Å². The lowest BCUT2D eigenvalue weighted by Crippen LogP contribution is -2.30. The highest BCUT2D eigenvalue weighted by Crippen LogP contribution is 2.15. The topological polar surface area (TPSA) is 49.4 Å². The molecule has 0 bridgehead atoms. The first kappa shape index (κ1) is 16.2. The van der Waals surface area contributed by atoms with Gasteiger partial charge in [-0.25, -0.2) is 0 Å². The third kappa shape index (κ3) is 4.18. The van der Waals surface area contributed by atoms with E-state index in [1.54, 1.807) is 42.3 Å². The molecule has 22 heavy (non-hydrogen) atoms. The minimum Gasteiger partial charge on any atom is -0.341 e. The molecular weight excluding hydrogens is 296 g/mol. The Hall–Kier alpha value is -2.14. The van der Waals surface area contributed by atoms with Crippen molar-refractivity contribution in [1.29, 1.82) is 0 Å². The molecule has 2 amide bonds. The van der Waals surface area contributed by atoms with Crippen molar-refractivity contribution in [2.24, 2.45) is 5.92 Å².